The first-order chi connectivity index (χ1) is 13.5. The van der Waals surface area contributed by atoms with E-state index in [1.165, 1.54) is 12.8 Å². The monoisotopic (exact) mass is 393 g/mol. The third kappa shape index (κ3) is 3.87. The molecule has 156 valence electrons. The van der Waals surface area contributed by atoms with Gasteiger partial charge in [0.15, 0.2) is 0 Å². The summed E-state index contributed by atoms with van der Waals surface area (Å²) >= 11 is 0. The van der Waals surface area contributed by atoms with Gasteiger partial charge in [-0.1, -0.05) is 0 Å². The summed E-state index contributed by atoms with van der Waals surface area (Å²) in [5.41, 5.74) is 0. The first-order valence-electron chi connectivity index (χ1n) is 11.2. The molecule has 4 fully saturated rings. The fourth-order valence-electron chi connectivity index (χ4n) is 5.87. The van der Waals surface area contributed by atoms with Crippen molar-refractivity contribution >= 4 is 0 Å². The Labute approximate surface area is 166 Å². The van der Waals surface area contributed by atoms with E-state index in [1.807, 2.05) is 6.20 Å². The van der Waals surface area contributed by atoms with Gasteiger partial charge in [-0.25, -0.2) is 13.8 Å². The van der Waals surface area contributed by atoms with Crippen molar-refractivity contribution in [1.29, 1.82) is 0 Å². The number of hydrogen-bond donors (Lipinski definition) is 0. The van der Waals surface area contributed by atoms with Crippen LogP contribution in [0, 0.1) is 24.7 Å². The fraction of sp³-hybridized carbons (Fsp3) is 0.864. The lowest BCUT2D eigenvalue weighted by molar-refractivity contribution is -0.0520. The summed E-state index contributed by atoms with van der Waals surface area (Å²) in [6, 6.07) is 0.711. The standard InChI is InChI=1S/C22H33F2N3O/c1-15-25-8-9-27(15)20-10-17-12-26(19-4-6-22(23,24)7-5-19)13-18(17)11-21(20)28-14-16-2-3-16/h8-9,16-21H,2-7,10-14H2,1H3/t17-,18+,20-,21-/m0/s1. The smallest absolute Gasteiger partial charge is 0.248 e. The van der Waals surface area contributed by atoms with Crippen LogP contribution >= 0.6 is 0 Å². The molecule has 1 aromatic rings. The lowest BCUT2D eigenvalue weighted by Gasteiger charge is -2.39. The minimum Gasteiger partial charge on any atom is -0.376 e. The van der Waals surface area contributed by atoms with Gasteiger partial charge in [0.25, 0.3) is 0 Å². The Morgan fingerprint density at radius 1 is 1.11 bits per heavy atom. The summed E-state index contributed by atoms with van der Waals surface area (Å²) in [4.78, 5) is 6.98. The second-order valence-corrected chi connectivity index (χ2v) is 9.80. The van der Waals surface area contributed by atoms with Gasteiger partial charge in [0, 0.05) is 51.0 Å². The molecule has 0 aromatic carbocycles. The molecule has 4 aliphatic rings. The molecule has 0 bridgehead atoms. The van der Waals surface area contributed by atoms with E-state index in [9.17, 15) is 8.78 Å². The van der Waals surface area contributed by atoms with E-state index in [-0.39, 0.29) is 18.9 Å². The molecule has 5 rings (SSSR count). The average Bonchev–Trinajstić information content (AvgIpc) is 3.25. The van der Waals surface area contributed by atoms with Gasteiger partial charge in [0.2, 0.25) is 5.92 Å². The summed E-state index contributed by atoms with van der Waals surface area (Å²) in [6.45, 7) is 5.11. The van der Waals surface area contributed by atoms with Crippen molar-refractivity contribution < 1.29 is 13.5 Å². The maximum absolute atomic E-state index is 13.6. The van der Waals surface area contributed by atoms with Gasteiger partial charge in [-0.15, -0.1) is 0 Å². The van der Waals surface area contributed by atoms with Crippen LogP contribution in [-0.2, 0) is 4.74 Å². The molecule has 4 atom stereocenters. The largest absolute Gasteiger partial charge is 0.376 e. The van der Waals surface area contributed by atoms with Crippen LogP contribution in [-0.4, -0.2) is 52.2 Å². The van der Waals surface area contributed by atoms with Gasteiger partial charge in [0.1, 0.15) is 5.82 Å². The highest BCUT2D eigenvalue weighted by atomic mass is 19.3. The van der Waals surface area contributed by atoms with Crippen LogP contribution in [0.4, 0.5) is 8.78 Å². The van der Waals surface area contributed by atoms with Crippen LogP contribution < -0.4 is 0 Å². The highest BCUT2D eigenvalue weighted by molar-refractivity contribution is 5.02. The summed E-state index contributed by atoms with van der Waals surface area (Å²) < 4.78 is 35.9. The molecule has 4 nitrogen and oxygen atoms in total. The minimum absolute atomic E-state index is 0.0630. The molecular formula is C22H33F2N3O. The highest BCUT2D eigenvalue weighted by Gasteiger charge is 2.46. The van der Waals surface area contributed by atoms with Crippen molar-refractivity contribution in [1.82, 2.24) is 14.5 Å². The maximum Gasteiger partial charge on any atom is 0.248 e. The van der Waals surface area contributed by atoms with E-state index >= 15 is 0 Å². The van der Waals surface area contributed by atoms with Crippen molar-refractivity contribution in [3.8, 4) is 0 Å². The lowest BCUT2D eigenvalue weighted by Crippen LogP contribution is -2.39. The Morgan fingerprint density at radius 3 is 2.46 bits per heavy atom. The molecule has 0 spiro atoms. The first kappa shape index (κ1) is 19.0. The second kappa shape index (κ2) is 7.35. The Balaban J connectivity index is 1.27. The zero-order valence-corrected chi connectivity index (χ0v) is 16.9. The van der Waals surface area contributed by atoms with Crippen LogP contribution in [0.3, 0.4) is 0 Å². The lowest BCUT2D eigenvalue weighted by atomic mass is 9.77. The highest BCUT2D eigenvalue weighted by Crippen LogP contribution is 2.46. The fourth-order valence-corrected chi connectivity index (χ4v) is 5.87. The third-order valence-corrected chi connectivity index (χ3v) is 7.78. The topological polar surface area (TPSA) is 30.3 Å². The summed E-state index contributed by atoms with van der Waals surface area (Å²) in [7, 11) is 0. The quantitative estimate of drug-likeness (QED) is 0.741. The molecule has 3 aliphatic carbocycles. The van der Waals surface area contributed by atoms with E-state index in [0.717, 1.165) is 44.3 Å². The molecule has 0 N–H and O–H groups in total. The number of aromatic nitrogens is 2. The number of rotatable bonds is 5. The number of likely N-dealkylation sites (tertiary alicyclic amines) is 1. The van der Waals surface area contributed by atoms with Crippen LogP contribution in [0.25, 0.3) is 0 Å². The maximum atomic E-state index is 13.6. The predicted octanol–water partition coefficient (Wildman–Crippen LogP) is 4.45. The zero-order valence-electron chi connectivity index (χ0n) is 16.9. The third-order valence-electron chi connectivity index (χ3n) is 7.78. The first-order valence-corrected chi connectivity index (χ1v) is 11.2. The summed E-state index contributed by atoms with van der Waals surface area (Å²) in [6.07, 6.45) is 10.5. The van der Waals surface area contributed by atoms with Crippen LogP contribution in [0.2, 0.25) is 0 Å². The van der Waals surface area contributed by atoms with Crippen LogP contribution in [0.1, 0.15) is 63.2 Å². The van der Waals surface area contributed by atoms with Crippen LogP contribution in [0.15, 0.2) is 12.4 Å². The zero-order chi connectivity index (χ0) is 19.3. The molecule has 0 amide bonds. The van der Waals surface area contributed by atoms with E-state index in [4.69, 9.17) is 4.74 Å². The number of imidazole rings is 1. The van der Waals surface area contributed by atoms with Gasteiger partial charge in [-0.2, -0.15) is 0 Å². The number of hydrogen-bond acceptors (Lipinski definition) is 3. The molecule has 2 heterocycles. The normalized spacial score (nSPS) is 36.5. The molecule has 1 aromatic heterocycles. The van der Waals surface area contributed by atoms with Crippen LogP contribution in [0.5, 0.6) is 0 Å². The number of alkyl halides is 2. The molecule has 28 heavy (non-hydrogen) atoms. The molecule has 6 heteroatoms. The van der Waals surface area contributed by atoms with Crippen molar-refractivity contribution in [2.75, 3.05) is 19.7 Å². The van der Waals surface area contributed by atoms with E-state index in [0.29, 0.717) is 36.8 Å². The molecular weight excluding hydrogens is 360 g/mol. The number of fused-ring (bicyclic) bond motifs is 1. The number of halogens is 2. The Kier molecular flexibility index (Phi) is 4.98. The molecule has 0 radical (unpaired) electrons. The Hall–Kier alpha value is -1.01. The SMILES string of the molecule is Cc1nccn1[C@H]1C[C@H]2CN(C3CCC(F)(F)CC3)C[C@H]2C[C@@H]1OCC1CC1. The molecule has 3 saturated carbocycles. The number of nitrogens with zero attached hydrogens (tertiary/aromatic N) is 3. The summed E-state index contributed by atoms with van der Waals surface area (Å²) in [5, 5.41) is 0. The van der Waals surface area contributed by atoms with Gasteiger partial charge in [-0.3, -0.25) is 4.90 Å². The molecule has 1 saturated heterocycles. The van der Waals surface area contributed by atoms with E-state index in [1.54, 1.807) is 0 Å². The number of ether oxygens (including phenoxy) is 1. The average molecular weight is 394 g/mol. The van der Waals surface area contributed by atoms with Gasteiger partial charge in [-0.05, 0) is 63.2 Å². The number of aryl methyl sites for hydroxylation is 1. The van der Waals surface area contributed by atoms with E-state index in [2.05, 4.69) is 27.6 Å². The van der Waals surface area contributed by atoms with Crippen molar-refractivity contribution in [2.45, 2.75) is 82.4 Å². The van der Waals surface area contributed by atoms with Crippen molar-refractivity contribution in [3.63, 3.8) is 0 Å². The van der Waals surface area contributed by atoms with Crippen molar-refractivity contribution in [3.05, 3.63) is 18.2 Å². The van der Waals surface area contributed by atoms with Gasteiger partial charge >= 0.3 is 0 Å². The van der Waals surface area contributed by atoms with Gasteiger partial charge < -0.3 is 9.30 Å². The Bertz CT molecular complexity index is 679. The van der Waals surface area contributed by atoms with Gasteiger partial charge in [0.05, 0.1) is 12.1 Å². The Morgan fingerprint density at radius 2 is 1.82 bits per heavy atom. The predicted molar refractivity (Wildman–Crippen MR) is 103 cm³/mol. The molecule has 0 unspecified atom stereocenters. The minimum atomic E-state index is -2.44. The summed E-state index contributed by atoms with van der Waals surface area (Å²) in [5.74, 6) is 0.690. The van der Waals surface area contributed by atoms with E-state index < -0.39 is 5.92 Å². The molecule has 1 aliphatic heterocycles. The second-order valence-electron chi connectivity index (χ2n) is 9.80. The van der Waals surface area contributed by atoms with Crippen molar-refractivity contribution in [2.24, 2.45) is 17.8 Å².